The van der Waals surface area contributed by atoms with Crippen molar-refractivity contribution in [2.45, 2.75) is 13.8 Å². The Hall–Kier alpha value is -1.64. The Balaban J connectivity index is 3.04. The second kappa shape index (κ2) is 3.85. The van der Waals surface area contributed by atoms with E-state index in [4.69, 9.17) is 0 Å². The molecule has 0 aliphatic rings. The molecule has 0 saturated carbocycles. The summed E-state index contributed by atoms with van der Waals surface area (Å²) in [4.78, 5) is 9.97. The largest absolute Gasteiger partial charge is 0.259 e. The predicted molar refractivity (Wildman–Crippen MR) is 51.8 cm³/mol. The number of hydrogen-bond donors (Lipinski definition) is 0. The summed E-state index contributed by atoms with van der Waals surface area (Å²) in [5.41, 5.74) is 2.11. The molecule has 1 rings (SSSR count). The zero-order valence-electron chi connectivity index (χ0n) is 7.65. The SMILES string of the molecule is C/C(=C\c1ccccc1C)[N+](=O)[O-]. The van der Waals surface area contributed by atoms with Crippen LogP contribution in [-0.4, -0.2) is 4.92 Å². The molecule has 0 bridgehead atoms. The average molecular weight is 177 g/mol. The van der Waals surface area contributed by atoms with Gasteiger partial charge in [-0.05, 0) is 18.1 Å². The lowest BCUT2D eigenvalue weighted by molar-refractivity contribution is -0.422. The summed E-state index contributed by atoms with van der Waals surface area (Å²) in [6.45, 7) is 3.42. The highest BCUT2D eigenvalue weighted by molar-refractivity contribution is 5.54. The van der Waals surface area contributed by atoms with E-state index in [1.165, 1.54) is 6.92 Å². The normalized spacial score (nSPS) is 11.4. The number of nitro groups is 1. The summed E-state index contributed by atoms with van der Waals surface area (Å²) in [6.07, 6.45) is 1.58. The van der Waals surface area contributed by atoms with E-state index in [9.17, 15) is 10.1 Å². The maximum atomic E-state index is 10.4. The quantitative estimate of drug-likeness (QED) is 0.514. The highest BCUT2D eigenvalue weighted by Crippen LogP contribution is 2.11. The number of allylic oxidation sites excluding steroid dienone is 1. The van der Waals surface area contributed by atoms with Gasteiger partial charge < -0.3 is 0 Å². The Morgan fingerprint density at radius 2 is 2.08 bits per heavy atom. The molecule has 68 valence electrons. The molecule has 3 heteroatoms. The highest BCUT2D eigenvalue weighted by Gasteiger charge is 2.02. The van der Waals surface area contributed by atoms with Crippen molar-refractivity contribution in [1.29, 1.82) is 0 Å². The summed E-state index contributed by atoms with van der Waals surface area (Å²) >= 11 is 0. The van der Waals surface area contributed by atoms with Gasteiger partial charge in [-0.15, -0.1) is 0 Å². The number of rotatable bonds is 2. The lowest BCUT2D eigenvalue weighted by Gasteiger charge is -1.97. The Morgan fingerprint density at radius 1 is 1.46 bits per heavy atom. The van der Waals surface area contributed by atoms with E-state index in [2.05, 4.69) is 0 Å². The lowest BCUT2D eigenvalue weighted by Crippen LogP contribution is -1.93. The molecule has 3 nitrogen and oxygen atoms in total. The van der Waals surface area contributed by atoms with Crippen LogP contribution in [0.3, 0.4) is 0 Å². The van der Waals surface area contributed by atoms with Crippen molar-refractivity contribution >= 4 is 6.08 Å². The smallest absolute Gasteiger partial charge is 0.243 e. The van der Waals surface area contributed by atoms with Crippen molar-refractivity contribution in [3.63, 3.8) is 0 Å². The number of benzene rings is 1. The van der Waals surface area contributed by atoms with Crippen LogP contribution in [0.4, 0.5) is 0 Å². The first kappa shape index (κ1) is 9.45. The maximum Gasteiger partial charge on any atom is 0.243 e. The molecule has 0 aromatic heterocycles. The zero-order valence-corrected chi connectivity index (χ0v) is 7.65. The molecule has 0 aliphatic heterocycles. The van der Waals surface area contributed by atoms with Gasteiger partial charge in [0.2, 0.25) is 5.70 Å². The van der Waals surface area contributed by atoms with Crippen molar-refractivity contribution in [2.75, 3.05) is 0 Å². The fraction of sp³-hybridized carbons (Fsp3) is 0.200. The van der Waals surface area contributed by atoms with E-state index in [-0.39, 0.29) is 10.6 Å². The molecule has 0 saturated heterocycles. The summed E-state index contributed by atoms with van der Waals surface area (Å²) in [5.74, 6) is 0. The van der Waals surface area contributed by atoms with E-state index in [1.54, 1.807) is 6.08 Å². The van der Waals surface area contributed by atoms with Crippen LogP contribution in [0.15, 0.2) is 30.0 Å². The summed E-state index contributed by atoms with van der Waals surface area (Å²) in [7, 11) is 0. The van der Waals surface area contributed by atoms with E-state index < -0.39 is 0 Å². The summed E-state index contributed by atoms with van der Waals surface area (Å²) < 4.78 is 0. The van der Waals surface area contributed by atoms with Gasteiger partial charge in [0.15, 0.2) is 0 Å². The second-order valence-electron chi connectivity index (χ2n) is 2.90. The Morgan fingerprint density at radius 3 is 2.62 bits per heavy atom. The topological polar surface area (TPSA) is 43.1 Å². The van der Waals surface area contributed by atoms with Crippen molar-refractivity contribution in [2.24, 2.45) is 0 Å². The molecule has 0 atom stereocenters. The first-order valence-corrected chi connectivity index (χ1v) is 3.99. The highest BCUT2D eigenvalue weighted by atomic mass is 16.6. The Kier molecular flexibility index (Phi) is 2.80. The molecule has 0 unspecified atom stereocenters. The van der Waals surface area contributed by atoms with Crippen LogP contribution < -0.4 is 0 Å². The Labute approximate surface area is 76.9 Å². The van der Waals surface area contributed by atoms with Crippen LogP contribution in [0, 0.1) is 17.0 Å². The van der Waals surface area contributed by atoms with Gasteiger partial charge in [-0.25, -0.2) is 0 Å². The number of hydrogen-bond acceptors (Lipinski definition) is 2. The van der Waals surface area contributed by atoms with Gasteiger partial charge in [-0.2, -0.15) is 0 Å². The van der Waals surface area contributed by atoms with Gasteiger partial charge in [-0.1, -0.05) is 24.3 Å². The predicted octanol–water partition coefficient (Wildman–Crippen LogP) is 2.63. The van der Waals surface area contributed by atoms with Gasteiger partial charge in [0, 0.05) is 13.0 Å². The summed E-state index contributed by atoms with van der Waals surface area (Å²) in [5, 5.41) is 10.4. The van der Waals surface area contributed by atoms with Crippen LogP contribution in [-0.2, 0) is 0 Å². The standard InChI is InChI=1S/C10H11NO2/c1-8-5-3-4-6-10(8)7-9(2)11(12)13/h3-7H,1-2H3/b9-7+. The molecular weight excluding hydrogens is 166 g/mol. The molecule has 0 amide bonds. The first-order valence-electron chi connectivity index (χ1n) is 3.99. The van der Waals surface area contributed by atoms with Gasteiger partial charge in [0.05, 0.1) is 4.92 Å². The molecule has 0 spiro atoms. The average Bonchev–Trinajstić information content (AvgIpc) is 2.08. The molecule has 13 heavy (non-hydrogen) atoms. The van der Waals surface area contributed by atoms with E-state index in [1.807, 2.05) is 31.2 Å². The third-order valence-electron chi connectivity index (χ3n) is 1.84. The molecule has 1 aromatic rings. The van der Waals surface area contributed by atoms with Crippen LogP contribution in [0.25, 0.3) is 6.08 Å². The second-order valence-corrected chi connectivity index (χ2v) is 2.90. The third-order valence-corrected chi connectivity index (χ3v) is 1.84. The van der Waals surface area contributed by atoms with Crippen LogP contribution in [0.5, 0.6) is 0 Å². The monoisotopic (exact) mass is 177 g/mol. The van der Waals surface area contributed by atoms with E-state index >= 15 is 0 Å². The molecule has 0 N–H and O–H groups in total. The molecule has 1 aromatic carbocycles. The Bertz CT molecular complexity index is 356. The van der Waals surface area contributed by atoms with Gasteiger partial charge in [0.1, 0.15) is 0 Å². The zero-order chi connectivity index (χ0) is 9.84. The lowest BCUT2D eigenvalue weighted by atomic mass is 10.1. The fourth-order valence-electron chi connectivity index (χ4n) is 1.03. The molecule has 0 aliphatic carbocycles. The minimum atomic E-state index is -0.383. The van der Waals surface area contributed by atoms with Crippen molar-refractivity contribution in [1.82, 2.24) is 0 Å². The first-order chi connectivity index (χ1) is 6.11. The number of aryl methyl sites for hydroxylation is 1. The number of nitrogens with zero attached hydrogens (tertiary/aromatic N) is 1. The van der Waals surface area contributed by atoms with Crippen molar-refractivity contribution in [3.05, 3.63) is 51.2 Å². The van der Waals surface area contributed by atoms with Crippen LogP contribution >= 0.6 is 0 Å². The van der Waals surface area contributed by atoms with Gasteiger partial charge in [0.25, 0.3) is 0 Å². The molecular formula is C10H11NO2. The van der Waals surface area contributed by atoms with Crippen molar-refractivity contribution in [3.8, 4) is 0 Å². The van der Waals surface area contributed by atoms with E-state index in [0.29, 0.717) is 0 Å². The molecule has 0 radical (unpaired) electrons. The van der Waals surface area contributed by atoms with E-state index in [0.717, 1.165) is 11.1 Å². The third kappa shape index (κ3) is 2.40. The van der Waals surface area contributed by atoms with Crippen molar-refractivity contribution < 1.29 is 4.92 Å². The molecule has 0 fully saturated rings. The van der Waals surface area contributed by atoms with Gasteiger partial charge >= 0.3 is 0 Å². The minimum absolute atomic E-state index is 0.161. The van der Waals surface area contributed by atoms with Gasteiger partial charge in [-0.3, -0.25) is 10.1 Å². The van der Waals surface area contributed by atoms with Crippen LogP contribution in [0.2, 0.25) is 0 Å². The fourth-order valence-corrected chi connectivity index (χ4v) is 1.03. The minimum Gasteiger partial charge on any atom is -0.259 e. The molecule has 0 heterocycles. The summed E-state index contributed by atoms with van der Waals surface area (Å²) in [6, 6.07) is 7.57. The maximum absolute atomic E-state index is 10.4. The van der Waals surface area contributed by atoms with Crippen LogP contribution in [0.1, 0.15) is 18.1 Å².